The van der Waals surface area contributed by atoms with E-state index in [4.69, 9.17) is 4.74 Å². The number of alkyl carbamates (subject to hydrolysis) is 1. The summed E-state index contributed by atoms with van der Waals surface area (Å²) in [4.78, 5) is 36.1. The van der Waals surface area contributed by atoms with Crippen LogP contribution in [0.5, 0.6) is 0 Å². The first-order valence-corrected chi connectivity index (χ1v) is 10.2. The second-order valence-electron chi connectivity index (χ2n) is 5.94. The number of hydrogen-bond donors (Lipinski definition) is 3. The van der Waals surface area contributed by atoms with E-state index in [-0.39, 0.29) is 23.5 Å². The molecule has 2 fully saturated rings. The van der Waals surface area contributed by atoms with E-state index in [0.29, 0.717) is 16.3 Å². The van der Waals surface area contributed by atoms with Crippen LogP contribution in [-0.4, -0.2) is 41.2 Å². The summed E-state index contributed by atoms with van der Waals surface area (Å²) in [6.07, 6.45) is 3.86. The molecule has 1 aromatic heterocycles. The van der Waals surface area contributed by atoms with Crippen LogP contribution in [0.4, 0.5) is 9.80 Å². The second-order valence-corrected chi connectivity index (χ2v) is 8.20. The Morgan fingerprint density at radius 2 is 2.12 bits per heavy atom. The molecule has 3 amide bonds. The molecule has 0 aromatic carbocycles. The summed E-state index contributed by atoms with van der Waals surface area (Å²) in [5.41, 5.74) is 0.256. The molecule has 3 N–H and O–H groups in total. The van der Waals surface area contributed by atoms with Crippen LogP contribution in [-0.2, 0) is 9.53 Å². The van der Waals surface area contributed by atoms with Gasteiger partial charge >= 0.3 is 6.09 Å². The van der Waals surface area contributed by atoms with Gasteiger partial charge < -0.3 is 10.1 Å². The zero-order valence-electron chi connectivity index (χ0n) is 13.9. The van der Waals surface area contributed by atoms with Crippen LogP contribution in [0.25, 0.3) is 0 Å². The summed E-state index contributed by atoms with van der Waals surface area (Å²) in [5, 5.41) is 10.6. The van der Waals surface area contributed by atoms with E-state index < -0.39 is 12.0 Å². The molecular weight excluding hydrogens is 362 g/mol. The number of carbonyl (C=O) groups is 3. The number of thiophene rings is 1. The van der Waals surface area contributed by atoms with Crippen LogP contribution in [0.1, 0.15) is 43.0 Å². The number of thioether (sulfide) groups is 1. The molecule has 9 heteroatoms. The van der Waals surface area contributed by atoms with Gasteiger partial charge in [-0.15, -0.1) is 23.1 Å². The monoisotopic (exact) mass is 383 g/mol. The fourth-order valence-electron chi connectivity index (χ4n) is 3.09. The minimum atomic E-state index is -0.798. The Morgan fingerprint density at radius 3 is 2.88 bits per heavy atom. The minimum absolute atomic E-state index is 0.160. The Kier molecular flexibility index (Phi) is 5.98. The van der Waals surface area contributed by atoms with E-state index in [1.165, 1.54) is 24.2 Å². The van der Waals surface area contributed by atoms with Gasteiger partial charge in [0.1, 0.15) is 10.4 Å². The first-order valence-electron chi connectivity index (χ1n) is 8.36. The van der Waals surface area contributed by atoms with Crippen LogP contribution in [0.2, 0.25) is 0 Å². The molecule has 3 rings (SSSR count). The van der Waals surface area contributed by atoms with Crippen molar-refractivity contribution in [1.82, 2.24) is 10.6 Å². The molecular formula is C16H21N3O4S2. The van der Waals surface area contributed by atoms with Crippen molar-refractivity contribution < 1.29 is 19.1 Å². The van der Waals surface area contributed by atoms with Crippen molar-refractivity contribution in [2.24, 2.45) is 0 Å². The molecule has 3 atom stereocenters. The van der Waals surface area contributed by atoms with Gasteiger partial charge in [0.15, 0.2) is 0 Å². The van der Waals surface area contributed by atoms with E-state index in [1.54, 1.807) is 30.1 Å². The minimum Gasteiger partial charge on any atom is -0.450 e. The van der Waals surface area contributed by atoms with Gasteiger partial charge in [-0.25, -0.2) is 4.79 Å². The van der Waals surface area contributed by atoms with Gasteiger partial charge in [-0.2, -0.15) is 0 Å². The highest BCUT2D eigenvalue weighted by Gasteiger charge is 2.39. The number of carbonyl (C=O) groups excluding carboxylic acids is 3. The lowest BCUT2D eigenvalue weighted by Crippen LogP contribution is -2.40. The van der Waals surface area contributed by atoms with Crippen molar-refractivity contribution in [2.45, 2.75) is 49.3 Å². The summed E-state index contributed by atoms with van der Waals surface area (Å²) in [7, 11) is 0. The molecule has 2 aliphatic rings. The zero-order valence-corrected chi connectivity index (χ0v) is 15.5. The Balaban J connectivity index is 1.60. The smallest absolute Gasteiger partial charge is 0.414 e. The fraction of sp³-hybridized carbons (Fsp3) is 0.562. The molecule has 1 saturated carbocycles. The molecule has 7 nitrogen and oxygen atoms in total. The Hall–Kier alpha value is -1.58. The van der Waals surface area contributed by atoms with E-state index in [0.717, 1.165) is 12.8 Å². The van der Waals surface area contributed by atoms with Crippen molar-refractivity contribution >= 4 is 46.0 Å². The average Bonchev–Trinajstić information content (AvgIpc) is 3.21. The highest BCUT2D eigenvalue weighted by Crippen LogP contribution is 2.37. The van der Waals surface area contributed by atoms with Gasteiger partial charge in [0.05, 0.1) is 12.2 Å². The van der Waals surface area contributed by atoms with E-state index >= 15 is 0 Å². The number of nitrogens with one attached hydrogen (secondary N) is 3. The van der Waals surface area contributed by atoms with Crippen LogP contribution in [0.3, 0.4) is 0 Å². The number of amides is 3. The van der Waals surface area contributed by atoms with Crippen molar-refractivity contribution in [3.8, 4) is 0 Å². The van der Waals surface area contributed by atoms with Crippen molar-refractivity contribution in [3.05, 3.63) is 17.0 Å². The van der Waals surface area contributed by atoms with Gasteiger partial charge in [0, 0.05) is 11.3 Å². The van der Waals surface area contributed by atoms with Gasteiger partial charge in [-0.1, -0.05) is 12.8 Å². The lowest BCUT2D eigenvalue weighted by atomic mass is 9.95. The molecule has 1 saturated heterocycles. The highest BCUT2D eigenvalue weighted by molar-refractivity contribution is 8.01. The lowest BCUT2D eigenvalue weighted by molar-refractivity contribution is -0.116. The first-order chi connectivity index (χ1) is 12.1. The lowest BCUT2D eigenvalue weighted by Gasteiger charge is -2.23. The molecule has 2 heterocycles. The highest BCUT2D eigenvalue weighted by atomic mass is 32.2. The molecule has 3 unspecified atom stereocenters. The van der Waals surface area contributed by atoms with Crippen molar-refractivity contribution in [3.63, 3.8) is 0 Å². The predicted molar refractivity (Wildman–Crippen MR) is 98.0 cm³/mol. The maximum absolute atomic E-state index is 12.5. The standard InChI is InChI=1S/C16H21N3O4S2/c1-2-23-16(22)19-12(20)9-7-8-24-14(9)18-13(21)15-17-10-5-3-4-6-11(10)25-15/h7-8,10-11,15,17H,2-6H2,1H3,(H,18,21)(H,19,20,22). The van der Waals surface area contributed by atoms with Crippen LogP contribution in [0, 0.1) is 0 Å². The van der Waals surface area contributed by atoms with Gasteiger partial charge in [0.2, 0.25) is 0 Å². The summed E-state index contributed by atoms with van der Waals surface area (Å²) < 4.78 is 4.70. The maximum atomic E-state index is 12.5. The van der Waals surface area contributed by atoms with Crippen LogP contribution in [0.15, 0.2) is 11.4 Å². The number of anilines is 1. The Morgan fingerprint density at radius 1 is 1.32 bits per heavy atom. The summed E-state index contributed by atoms with van der Waals surface area (Å²) in [5.74, 6) is -0.747. The predicted octanol–water partition coefficient (Wildman–Crippen LogP) is 2.55. The second kappa shape index (κ2) is 8.20. The van der Waals surface area contributed by atoms with Gasteiger partial charge in [0.25, 0.3) is 11.8 Å². The zero-order chi connectivity index (χ0) is 17.8. The molecule has 1 aliphatic heterocycles. The Bertz CT molecular complexity index is 650. The largest absolute Gasteiger partial charge is 0.450 e. The van der Waals surface area contributed by atoms with E-state index in [9.17, 15) is 14.4 Å². The quantitative estimate of drug-likeness (QED) is 0.739. The van der Waals surface area contributed by atoms with E-state index in [2.05, 4.69) is 16.0 Å². The molecule has 0 bridgehead atoms. The molecule has 25 heavy (non-hydrogen) atoms. The Labute approximate surface area is 154 Å². The van der Waals surface area contributed by atoms with Crippen LogP contribution >= 0.6 is 23.1 Å². The van der Waals surface area contributed by atoms with Crippen LogP contribution < -0.4 is 16.0 Å². The molecule has 136 valence electrons. The number of imide groups is 1. The third-order valence-electron chi connectivity index (χ3n) is 4.25. The third-order valence-corrected chi connectivity index (χ3v) is 6.62. The summed E-state index contributed by atoms with van der Waals surface area (Å²) in [6, 6.07) is 1.97. The average molecular weight is 383 g/mol. The summed E-state index contributed by atoms with van der Waals surface area (Å²) in [6.45, 7) is 1.84. The first kappa shape index (κ1) is 18.2. The molecule has 0 radical (unpaired) electrons. The molecule has 1 aromatic rings. The topological polar surface area (TPSA) is 96.5 Å². The number of ether oxygens (including phenoxy) is 1. The van der Waals surface area contributed by atoms with Gasteiger partial charge in [-0.05, 0) is 31.2 Å². The summed E-state index contributed by atoms with van der Waals surface area (Å²) >= 11 is 2.91. The van der Waals surface area contributed by atoms with Gasteiger partial charge in [-0.3, -0.25) is 20.2 Å². The van der Waals surface area contributed by atoms with E-state index in [1.807, 2.05) is 0 Å². The molecule has 0 spiro atoms. The number of rotatable bonds is 4. The maximum Gasteiger partial charge on any atom is 0.414 e. The number of fused-ring (bicyclic) bond motifs is 1. The fourth-order valence-corrected chi connectivity index (χ4v) is 5.37. The molecule has 1 aliphatic carbocycles. The SMILES string of the molecule is CCOC(=O)NC(=O)c1ccsc1NC(=O)C1NC2CCCCC2S1. The normalized spacial score (nSPS) is 25.1. The number of hydrogen-bond acceptors (Lipinski definition) is 7. The van der Waals surface area contributed by atoms with Crippen molar-refractivity contribution in [2.75, 3.05) is 11.9 Å². The third kappa shape index (κ3) is 4.34. The van der Waals surface area contributed by atoms with Crippen molar-refractivity contribution in [1.29, 1.82) is 0 Å².